The second kappa shape index (κ2) is 9.74. The summed E-state index contributed by atoms with van der Waals surface area (Å²) in [6.07, 6.45) is 7.53. The average molecular weight is 388 g/mol. The van der Waals surface area contributed by atoms with Crippen molar-refractivity contribution in [3.05, 3.63) is 45.4 Å². The molecular weight excluding hydrogens is 358 g/mol. The predicted octanol–water partition coefficient (Wildman–Crippen LogP) is 3.89. The number of methoxy groups -OCH3 is 1. The molecule has 0 bridgehead atoms. The number of nitrogens with zero attached hydrogens (tertiary/aromatic N) is 1. The number of hydrogen-bond donors (Lipinski definition) is 2. The van der Waals surface area contributed by atoms with Crippen LogP contribution >= 0.6 is 11.3 Å². The number of urea groups is 1. The fourth-order valence-corrected chi connectivity index (χ4v) is 4.63. The summed E-state index contributed by atoms with van der Waals surface area (Å²) in [7, 11) is 1.66. The number of rotatable bonds is 8. The summed E-state index contributed by atoms with van der Waals surface area (Å²) in [6, 6.07) is 7.90. The van der Waals surface area contributed by atoms with Crippen LogP contribution in [-0.2, 0) is 25.7 Å². The smallest absolute Gasteiger partial charge is 0.315 e. The Balaban J connectivity index is 1.34. The Hall–Kier alpha value is -2.08. The average Bonchev–Trinajstić information content (AvgIpc) is 3.08. The third-order valence-electron chi connectivity index (χ3n) is 4.80. The van der Waals surface area contributed by atoms with E-state index in [1.807, 2.05) is 42.5 Å². The molecule has 3 rings (SSSR count). The van der Waals surface area contributed by atoms with E-state index in [9.17, 15) is 4.79 Å². The van der Waals surface area contributed by atoms with Crippen LogP contribution in [0, 0.1) is 0 Å². The highest BCUT2D eigenvalue weighted by molar-refractivity contribution is 7.11. The van der Waals surface area contributed by atoms with Crippen molar-refractivity contribution in [2.75, 3.05) is 13.7 Å². The van der Waals surface area contributed by atoms with E-state index < -0.39 is 0 Å². The van der Waals surface area contributed by atoms with Crippen LogP contribution in [0.25, 0.3) is 0 Å². The molecule has 27 heavy (non-hydrogen) atoms. The number of fused-ring (bicyclic) bond motifs is 1. The Morgan fingerprint density at radius 1 is 1.33 bits per heavy atom. The fraction of sp³-hybridized carbons (Fsp3) is 0.524. The van der Waals surface area contributed by atoms with E-state index in [2.05, 4.69) is 10.6 Å². The van der Waals surface area contributed by atoms with E-state index in [0.717, 1.165) is 37.0 Å². The van der Waals surface area contributed by atoms with Crippen LogP contribution in [0.4, 0.5) is 4.79 Å². The minimum atomic E-state index is -0.108. The normalized spacial score (nSPS) is 14.3. The van der Waals surface area contributed by atoms with Crippen LogP contribution in [-0.4, -0.2) is 30.7 Å². The third-order valence-corrected chi connectivity index (χ3v) is 6.01. The lowest BCUT2D eigenvalue weighted by atomic mass is 10.0. The Morgan fingerprint density at radius 2 is 2.19 bits per heavy atom. The molecule has 6 heteroatoms. The number of ether oxygens (including phenoxy) is 1. The molecule has 1 atom stereocenters. The number of thiazole rings is 1. The Morgan fingerprint density at radius 3 is 3.00 bits per heavy atom. The Kier molecular flexibility index (Phi) is 7.10. The van der Waals surface area contributed by atoms with Crippen LogP contribution in [0.3, 0.4) is 0 Å². The Labute approximate surface area is 165 Å². The molecule has 146 valence electrons. The van der Waals surface area contributed by atoms with Gasteiger partial charge >= 0.3 is 6.03 Å². The van der Waals surface area contributed by atoms with Gasteiger partial charge in [-0.1, -0.05) is 12.1 Å². The summed E-state index contributed by atoms with van der Waals surface area (Å²) in [5.74, 6) is 0.841. The quantitative estimate of drug-likeness (QED) is 0.676. The van der Waals surface area contributed by atoms with Crippen molar-refractivity contribution in [3.63, 3.8) is 0 Å². The first-order valence-corrected chi connectivity index (χ1v) is 10.6. The number of benzene rings is 1. The van der Waals surface area contributed by atoms with Gasteiger partial charge in [0.15, 0.2) is 0 Å². The van der Waals surface area contributed by atoms with E-state index >= 15 is 0 Å². The molecule has 2 amide bonds. The molecule has 1 aromatic heterocycles. The lowest BCUT2D eigenvalue weighted by Crippen LogP contribution is -2.42. The molecule has 0 radical (unpaired) electrons. The highest BCUT2D eigenvalue weighted by Crippen LogP contribution is 2.27. The van der Waals surface area contributed by atoms with Crippen LogP contribution < -0.4 is 15.4 Å². The summed E-state index contributed by atoms with van der Waals surface area (Å²) >= 11 is 1.86. The topological polar surface area (TPSA) is 63.2 Å². The summed E-state index contributed by atoms with van der Waals surface area (Å²) < 4.78 is 5.24. The standard InChI is InChI=1S/C21H29N3O2S/c1-15(13-16-7-5-8-17(14-16)26-2)23-21(25)22-12-6-11-20-24-18-9-3-4-10-19(18)27-20/h5,7-8,14-15H,3-4,6,9-13H2,1-2H3,(H2,22,23,25). The number of nitrogens with one attached hydrogen (secondary N) is 2. The van der Waals surface area contributed by atoms with Gasteiger partial charge in [0.25, 0.3) is 0 Å². The van der Waals surface area contributed by atoms with E-state index in [-0.39, 0.29) is 12.1 Å². The first-order valence-electron chi connectivity index (χ1n) is 9.79. The van der Waals surface area contributed by atoms with Gasteiger partial charge in [-0.25, -0.2) is 9.78 Å². The zero-order chi connectivity index (χ0) is 19.1. The fourth-order valence-electron chi connectivity index (χ4n) is 3.43. The molecule has 0 saturated heterocycles. The number of hydrogen-bond acceptors (Lipinski definition) is 4. The third kappa shape index (κ3) is 5.96. The molecule has 2 aromatic rings. The maximum Gasteiger partial charge on any atom is 0.315 e. The summed E-state index contributed by atoms with van der Waals surface area (Å²) in [5, 5.41) is 7.17. The maximum absolute atomic E-state index is 12.1. The first kappa shape index (κ1) is 19.7. The van der Waals surface area contributed by atoms with Gasteiger partial charge in [-0.2, -0.15) is 0 Å². The van der Waals surface area contributed by atoms with E-state index in [4.69, 9.17) is 9.72 Å². The highest BCUT2D eigenvalue weighted by Gasteiger charge is 2.15. The monoisotopic (exact) mass is 387 g/mol. The molecule has 1 aromatic carbocycles. The zero-order valence-electron chi connectivity index (χ0n) is 16.2. The van der Waals surface area contributed by atoms with Crippen molar-refractivity contribution in [3.8, 4) is 5.75 Å². The predicted molar refractivity (Wildman–Crippen MR) is 110 cm³/mol. The molecule has 0 fully saturated rings. The number of carbonyl (C=O) groups is 1. The number of amides is 2. The van der Waals surface area contributed by atoms with Gasteiger partial charge in [0.1, 0.15) is 5.75 Å². The van der Waals surface area contributed by atoms with Crippen molar-refractivity contribution in [2.45, 2.75) is 57.9 Å². The molecule has 0 saturated carbocycles. The summed E-state index contributed by atoms with van der Waals surface area (Å²) in [6.45, 7) is 2.68. The number of carbonyl (C=O) groups excluding carboxylic acids is 1. The van der Waals surface area contributed by atoms with Gasteiger partial charge in [-0.15, -0.1) is 11.3 Å². The second-order valence-electron chi connectivity index (χ2n) is 7.15. The Bertz CT molecular complexity index is 736. The first-order chi connectivity index (χ1) is 13.1. The lowest BCUT2D eigenvalue weighted by Gasteiger charge is -2.15. The minimum Gasteiger partial charge on any atom is -0.497 e. The van der Waals surface area contributed by atoms with Crippen LogP contribution in [0.2, 0.25) is 0 Å². The molecule has 0 spiro atoms. The van der Waals surface area contributed by atoms with E-state index in [0.29, 0.717) is 6.54 Å². The van der Waals surface area contributed by atoms with Gasteiger partial charge < -0.3 is 15.4 Å². The lowest BCUT2D eigenvalue weighted by molar-refractivity contribution is 0.237. The number of aryl methyl sites for hydroxylation is 3. The number of aromatic nitrogens is 1. The van der Waals surface area contributed by atoms with Crippen molar-refractivity contribution in [2.24, 2.45) is 0 Å². The highest BCUT2D eigenvalue weighted by atomic mass is 32.1. The van der Waals surface area contributed by atoms with Gasteiger partial charge in [0.05, 0.1) is 17.8 Å². The van der Waals surface area contributed by atoms with E-state index in [1.54, 1.807) is 7.11 Å². The maximum atomic E-state index is 12.1. The molecule has 1 aliphatic rings. The zero-order valence-corrected chi connectivity index (χ0v) is 17.0. The van der Waals surface area contributed by atoms with Crippen molar-refractivity contribution in [1.29, 1.82) is 0 Å². The van der Waals surface area contributed by atoms with Crippen LogP contribution in [0.1, 0.15) is 47.3 Å². The van der Waals surface area contributed by atoms with Crippen molar-refractivity contribution in [1.82, 2.24) is 15.6 Å². The van der Waals surface area contributed by atoms with Crippen LogP contribution in [0.5, 0.6) is 5.75 Å². The molecule has 0 aliphatic heterocycles. The largest absolute Gasteiger partial charge is 0.497 e. The molecule has 5 nitrogen and oxygen atoms in total. The van der Waals surface area contributed by atoms with Gasteiger partial charge in [0.2, 0.25) is 0 Å². The molecule has 2 N–H and O–H groups in total. The second-order valence-corrected chi connectivity index (χ2v) is 8.31. The minimum absolute atomic E-state index is 0.0581. The molecular formula is C21H29N3O2S. The van der Waals surface area contributed by atoms with Gasteiger partial charge in [-0.05, 0) is 63.1 Å². The molecule has 1 aliphatic carbocycles. The van der Waals surface area contributed by atoms with Crippen molar-refractivity contribution >= 4 is 17.4 Å². The summed E-state index contributed by atoms with van der Waals surface area (Å²) in [4.78, 5) is 18.3. The van der Waals surface area contributed by atoms with Crippen molar-refractivity contribution < 1.29 is 9.53 Å². The SMILES string of the molecule is COc1cccc(CC(C)NC(=O)NCCCc2nc3c(s2)CCCC3)c1. The van der Waals surface area contributed by atoms with E-state index in [1.165, 1.54) is 34.8 Å². The molecule has 1 heterocycles. The molecule has 1 unspecified atom stereocenters. The van der Waals surface area contributed by atoms with Gasteiger partial charge in [-0.3, -0.25) is 0 Å². The van der Waals surface area contributed by atoms with Gasteiger partial charge in [0, 0.05) is 23.9 Å². The summed E-state index contributed by atoms with van der Waals surface area (Å²) in [5.41, 5.74) is 2.47. The van der Waals surface area contributed by atoms with Crippen LogP contribution in [0.15, 0.2) is 24.3 Å².